The second kappa shape index (κ2) is 10.4. The van der Waals surface area contributed by atoms with E-state index in [0.29, 0.717) is 22.1 Å². The van der Waals surface area contributed by atoms with Gasteiger partial charge in [-0.3, -0.25) is 14.6 Å². The van der Waals surface area contributed by atoms with Crippen LogP contribution < -0.4 is 4.90 Å². The van der Waals surface area contributed by atoms with Crippen LogP contribution >= 0.6 is 22.7 Å². The normalized spacial score (nSPS) is 14.4. The molecular formula is C23H25N3O4S2. The smallest absolute Gasteiger partial charge is 0.335 e. The topological polar surface area (TPSA) is 83.0 Å². The van der Waals surface area contributed by atoms with Crippen LogP contribution in [0, 0.1) is 6.92 Å². The average molecular weight is 472 g/mol. The molecule has 3 heterocycles. The van der Waals surface area contributed by atoms with E-state index in [1.807, 2.05) is 29.0 Å². The van der Waals surface area contributed by atoms with E-state index in [0.717, 1.165) is 50.5 Å². The lowest BCUT2D eigenvalue weighted by Gasteiger charge is -2.27. The van der Waals surface area contributed by atoms with Gasteiger partial charge in [0, 0.05) is 37.1 Å². The first kappa shape index (κ1) is 22.6. The lowest BCUT2D eigenvalue weighted by Crippen LogP contribution is -2.39. The summed E-state index contributed by atoms with van der Waals surface area (Å²) in [5.41, 5.74) is 2.54. The van der Waals surface area contributed by atoms with E-state index in [1.165, 1.54) is 22.7 Å². The van der Waals surface area contributed by atoms with Gasteiger partial charge in [-0.15, -0.1) is 22.7 Å². The predicted molar refractivity (Wildman–Crippen MR) is 127 cm³/mol. The summed E-state index contributed by atoms with van der Waals surface area (Å²) >= 11 is 2.86. The Bertz CT molecular complexity index is 1070. The molecule has 1 amide bonds. The van der Waals surface area contributed by atoms with E-state index in [-0.39, 0.29) is 11.5 Å². The maximum atomic E-state index is 13.2. The van der Waals surface area contributed by atoms with Crippen molar-refractivity contribution >= 4 is 39.7 Å². The summed E-state index contributed by atoms with van der Waals surface area (Å²) in [7, 11) is 0. The first-order chi connectivity index (χ1) is 15.5. The highest BCUT2D eigenvalue weighted by molar-refractivity contribution is 7.14. The maximum Gasteiger partial charge on any atom is 0.335 e. The van der Waals surface area contributed by atoms with Crippen molar-refractivity contribution in [3.8, 4) is 11.3 Å². The minimum Gasteiger partial charge on any atom is -0.478 e. The highest BCUT2D eigenvalue weighted by Gasteiger charge is 2.22. The third-order valence-electron chi connectivity index (χ3n) is 5.41. The number of thiazole rings is 1. The van der Waals surface area contributed by atoms with Crippen molar-refractivity contribution in [3.05, 3.63) is 57.1 Å². The summed E-state index contributed by atoms with van der Waals surface area (Å²) in [5, 5.41) is 13.7. The number of anilines is 1. The number of carboxylic acids is 1. The van der Waals surface area contributed by atoms with Crippen molar-refractivity contribution in [3.63, 3.8) is 0 Å². The number of nitrogens with zero attached hydrogens (tertiary/aromatic N) is 3. The number of carbonyl (C=O) groups is 2. The fourth-order valence-electron chi connectivity index (χ4n) is 3.68. The molecule has 0 aliphatic carbocycles. The highest BCUT2D eigenvalue weighted by Crippen LogP contribution is 2.30. The van der Waals surface area contributed by atoms with Crippen LogP contribution in [0.1, 0.15) is 32.0 Å². The molecule has 1 aromatic carbocycles. The van der Waals surface area contributed by atoms with Crippen molar-refractivity contribution in [2.24, 2.45) is 0 Å². The highest BCUT2D eigenvalue weighted by atomic mass is 32.1. The van der Waals surface area contributed by atoms with Gasteiger partial charge >= 0.3 is 5.97 Å². The molecule has 3 aromatic rings. The van der Waals surface area contributed by atoms with E-state index < -0.39 is 5.97 Å². The quantitative estimate of drug-likeness (QED) is 0.529. The molecule has 0 radical (unpaired) electrons. The Morgan fingerprint density at radius 2 is 2.03 bits per heavy atom. The van der Waals surface area contributed by atoms with Gasteiger partial charge in [-0.05, 0) is 42.5 Å². The zero-order valence-electron chi connectivity index (χ0n) is 17.8. The molecule has 0 bridgehead atoms. The molecule has 0 unspecified atom stereocenters. The number of morpholine rings is 1. The number of rotatable bonds is 8. The van der Waals surface area contributed by atoms with E-state index in [1.54, 1.807) is 24.0 Å². The summed E-state index contributed by atoms with van der Waals surface area (Å²) in [4.78, 5) is 34.1. The van der Waals surface area contributed by atoms with Crippen LogP contribution in [0.2, 0.25) is 0 Å². The molecule has 1 saturated heterocycles. The minimum atomic E-state index is -0.944. The van der Waals surface area contributed by atoms with Gasteiger partial charge < -0.3 is 9.84 Å². The molecule has 1 N–H and O–H groups in total. The molecule has 0 atom stereocenters. The lowest BCUT2D eigenvalue weighted by atomic mass is 10.0. The van der Waals surface area contributed by atoms with Crippen LogP contribution in [0.5, 0.6) is 0 Å². The molecule has 0 spiro atoms. The number of hydrogen-bond acceptors (Lipinski definition) is 7. The Hall–Kier alpha value is -2.59. The minimum absolute atomic E-state index is 0.0414. The third kappa shape index (κ3) is 5.24. The molecule has 1 aliphatic rings. The number of aromatic carboxylic acids is 1. The molecule has 32 heavy (non-hydrogen) atoms. The Morgan fingerprint density at radius 3 is 2.72 bits per heavy atom. The van der Waals surface area contributed by atoms with Gasteiger partial charge in [-0.25, -0.2) is 9.78 Å². The van der Waals surface area contributed by atoms with Crippen LogP contribution in [0.25, 0.3) is 11.3 Å². The van der Waals surface area contributed by atoms with Crippen LogP contribution in [0.4, 0.5) is 5.13 Å². The van der Waals surface area contributed by atoms with Gasteiger partial charge in [0.2, 0.25) is 0 Å². The van der Waals surface area contributed by atoms with Gasteiger partial charge in [-0.1, -0.05) is 12.1 Å². The second-order valence-corrected chi connectivity index (χ2v) is 9.38. The van der Waals surface area contributed by atoms with Crippen molar-refractivity contribution in [1.82, 2.24) is 9.88 Å². The number of carbonyl (C=O) groups excluding carboxylic acids is 1. The Balaban J connectivity index is 1.53. The summed E-state index contributed by atoms with van der Waals surface area (Å²) in [5.74, 6) is -0.985. The number of benzene rings is 1. The number of amides is 1. The van der Waals surface area contributed by atoms with Crippen LogP contribution in [-0.2, 0) is 4.74 Å². The fourth-order valence-corrected chi connectivity index (χ4v) is 5.21. The summed E-state index contributed by atoms with van der Waals surface area (Å²) in [6, 6.07) is 8.91. The third-order valence-corrected chi connectivity index (χ3v) is 7.13. The summed E-state index contributed by atoms with van der Waals surface area (Å²) < 4.78 is 5.41. The van der Waals surface area contributed by atoms with Gasteiger partial charge in [0.25, 0.3) is 5.91 Å². The average Bonchev–Trinajstić information content (AvgIpc) is 3.49. The van der Waals surface area contributed by atoms with Crippen LogP contribution in [0.3, 0.4) is 0 Å². The molecular weight excluding hydrogens is 446 g/mol. The zero-order valence-corrected chi connectivity index (χ0v) is 19.5. The van der Waals surface area contributed by atoms with E-state index in [2.05, 4.69) is 4.90 Å². The van der Waals surface area contributed by atoms with Crippen molar-refractivity contribution in [2.45, 2.75) is 13.3 Å². The molecule has 2 aromatic heterocycles. The fraction of sp³-hybridized carbons (Fsp3) is 0.348. The number of ether oxygens (including phenoxy) is 1. The number of aromatic nitrogens is 1. The molecule has 0 saturated carbocycles. The van der Waals surface area contributed by atoms with E-state index in [4.69, 9.17) is 9.72 Å². The van der Waals surface area contributed by atoms with Crippen molar-refractivity contribution < 1.29 is 19.4 Å². The Kier molecular flexibility index (Phi) is 7.31. The molecule has 168 valence electrons. The largest absolute Gasteiger partial charge is 0.478 e. The molecule has 9 heteroatoms. The first-order valence-electron chi connectivity index (χ1n) is 10.5. The molecule has 1 fully saturated rings. The molecule has 4 rings (SSSR count). The zero-order chi connectivity index (χ0) is 22.5. The second-order valence-electron chi connectivity index (χ2n) is 7.59. The molecule has 1 aliphatic heterocycles. The van der Waals surface area contributed by atoms with Crippen LogP contribution in [0.15, 0.2) is 41.1 Å². The van der Waals surface area contributed by atoms with Gasteiger partial charge in [0.1, 0.15) is 0 Å². The van der Waals surface area contributed by atoms with Gasteiger partial charge in [0.05, 0.1) is 29.3 Å². The predicted octanol–water partition coefficient (Wildman–Crippen LogP) is 4.25. The Morgan fingerprint density at radius 1 is 1.22 bits per heavy atom. The van der Waals surface area contributed by atoms with E-state index >= 15 is 0 Å². The SMILES string of the molecule is Cc1cc(-c2csc(N(CCCN3CCOCC3)C(=O)c3cccs3)n2)ccc1C(=O)O. The number of hydrogen-bond donors (Lipinski definition) is 1. The number of carboxylic acid groups (broad SMARTS) is 1. The monoisotopic (exact) mass is 471 g/mol. The number of thiophene rings is 1. The van der Waals surface area contributed by atoms with Crippen molar-refractivity contribution in [2.75, 3.05) is 44.3 Å². The lowest BCUT2D eigenvalue weighted by molar-refractivity contribution is 0.0376. The van der Waals surface area contributed by atoms with Gasteiger partial charge in [-0.2, -0.15) is 0 Å². The van der Waals surface area contributed by atoms with Gasteiger partial charge in [0.15, 0.2) is 5.13 Å². The van der Waals surface area contributed by atoms with E-state index in [9.17, 15) is 14.7 Å². The maximum absolute atomic E-state index is 13.2. The molecule has 7 nitrogen and oxygen atoms in total. The number of aryl methyl sites for hydroxylation is 1. The Labute approximate surface area is 194 Å². The van der Waals surface area contributed by atoms with Crippen molar-refractivity contribution in [1.29, 1.82) is 0 Å². The summed E-state index contributed by atoms with van der Waals surface area (Å²) in [6.45, 7) is 6.63. The van der Waals surface area contributed by atoms with Crippen LogP contribution in [-0.4, -0.2) is 66.3 Å². The summed E-state index contributed by atoms with van der Waals surface area (Å²) in [6.07, 6.45) is 0.846. The first-order valence-corrected chi connectivity index (χ1v) is 12.2. The standard InChI is InChI=1S/C23H25N3O4S2/c1-16-14-17(5-6-18(16)22(28)29)19-15-32-23(24-19)26(21(27)20-4-2-13-31-20)8-3-7-25-9-11-30-12-10-25/h2,4-6,13-15H,3,7-12H2,1H3,(H,28,29).